The predicted molar refractivity (Wildman–Crippen MR) is 86.3 cm³/mol. The number of hydrogen-bond acceptors (Lipinski definition) is 2. The molecule has 0 saturated carbocycles. The van der Waals surface area contributed by atoms with Crippen molar-refractivity contribution in [2.45, 2.75) is 45.2 Å². The van der Waals surface area contributed by atoms with Gasteiger partial charge in [-0.2, -0.15) is 0 Å². The highest BCUT2D eigenvalue weighted by molar-refractivity contribution is 6.32. The summed E-state index contributed by atoms with van der Waals surface area (Å²) in [6, 6.07) is 5.84. The molecule has 1 heterocycles. The van der Waals surface area contributed by atoms with Crippen LogP contribution in [-0.4, -0.2) is 29.4 Å². The molecule has 2 unspecified atom stereocenters. The molecule has 0 spiro atoms. The Morgan fingerprint density at radius 1 is 1.38 bits per heavy atom. The number of carbonyl (C=O) groups excluding carboxylic acids is 1. The van der Waals surface area contributed by atoms with Crippen molar-refractivity contribution in [2.75, 3.05) is 6.54 Å². The molecule has 4 heteroatoms. The van der Waals surface area contributed by atoms with Crippen LogP contribution < -0.4 is 5.73 Å². The van der Waals surface area contributed by atoms with E-state index in [-0.39, 0.29) is 18.0 Å². The lowest BCUT2D eigenvalue weighted by atomic mass is 9.96. The maximum Gasteiger partial charge on any atom is 0.254 e. The first kappa shape index (κ1) is 15.9. The summed E-state index contributed by atoms with van der Waals surface area (Å²) in [7, 11) is 0. The number of piperidine rings is 1. The molecule has 2 rings (SSSR count). The first-order chi connectivity index (χ1) is 10.0. The molecule has 1 saturated heterocycles. The molecule has 1 aromatic rings. The number of nitrogens with two attached hydrogens (primary N) is 1. The lowest BCUT2D eigenvalue weighted by Gasteiger charge is -2.39. The van der Waals surface area contributed by atoms with Gasteiger partial charge in [0.1, 0.15) is 0 Å². The Morgan fingerprint density at radius 2 is 2.05 bits per heavy atom. The molecule has 0 radical (unpaired) electrons. The van der Waals surface area contributed by atoms with Gasteiger partial charge in [0.2, 0.25) is 0 Å². The Morgan fingerprint density at radius 3 is 2.62 bits per heavy atom. The maximum atomic E-state index is 12.7. The molecule has 21 heavy (non-hydrogen) atoms. The Balaban J connectivity index is 2.25. The van der Waals surface area contributed by atoms with Gasteiger partial charge in [-0.1, -0.05) is 23.4 Å². The Hall–Kier alpha value is -1.50. The molecule has 112 valence electrons. The third-order valence-corrected chi connectivity index (χ3v) is 4.28. The minimum atomic E-state index is 0.0509. The molecule has 0 bridgehead atoms. The molecule has 1 amide bonds. The molecule has 1 fully saturated rings. The molecule has 1 aliphatic heterocycles. The second-order valence-electron chi connectivity index (χ2n) is 5.54. The van der Waals surface area contributed by atoms with Gasteiger partial charge in [0.05, 0.1) is 11.6 Å². The molecule has 2 N–H and O–H groups in total. The standard InChI is InChI=1S/C17H21ClN2O/c1-12-5-3-6-13(2)20(12)17(21)15-9-8-14(7-4-10-19)16(18)11-15/h8-9,11-13H,3,5-6,10,19H2,1-2H3. The highest BCUT2D eigenvalue weighted by Crippen LogP contribution is 2.26. The fourth-order valence-electron chi connectivity index (χ4n) is 2.87. The van der Waals surface area contributed by atoms with Gasteiger partial charge in [-0.15, -0.1) is 0 Å². The summed E-state index contributed by atoms with van der Waals surface area (Å²) < 4.78 is 0. The van der Waals surface area contributed by atoms with E-state index in [1.807, 2.05) is 4.90 Å². The van der Waals surface area contributed by atoms with Crippen molar-refractivity contribution in [3.05, 3.63) is 34.3 Å². The lowest BCUT2D eigenvalue weighted by Crippen LogP contribution is -2.47. The van der Waals surface area contributed by atoms with Crippen molar-refractivity contribution in [2.24, 2.45) is 5.73 Å². The number of hydrogen-bond donors (Lipinski definition) is 1. The molecule has 3 nitrogen and oxygen atoms in total. The van der Waals surface area contributed by atoms with E-state index in [2.05, 4.69) is 25.7 Å². The molecule has 0 aliphatic carbocycles. The van der Waals surface area contributed by atoms with Gasteiger partial charge in [0.15, 0.2) is 0 Å². The topological polar surface area (TPSA) is 46.3 Å². The van der Waals surface area contributed by atoms with E-state index in [4.69, 9.17) is 17.3 Å². The zero-order chi connectivity index (χ0) is 15.4. The summed E-state index contributed by atoms with van der Waals surface area (Å²) in [6.07, 6.45) is 3.30. The summed E-state index contributed by atoms with van der Waals surface area (Å²) in [5, 5.41) is 0.499. The third kappa shape index (κ3) is 3.58. The van der Waals surface area contributed by atoms with E-state index in [1.165, 1.54) is 6.42 Å². The second-order valence-corrected chi connectivity index (χ2v) is 5.95. The van der Waals surface area contributed by atoms with E-state index in [1.54, 1.807) is 18.2 Å². The fraction of sp³-hybridized carbons (Fsp3) is 0.471. The van der Waals surface area contributed by atoms with Crippen LogP contribution in [0, 0.1) is 11.8 Å². The van der Waals surface area contributed by atoms with Gasteiger partial charge in [0, 0.05) is 23.2 Å². The van der Waals surface area contributed by atoms with Gasteiger partial charge in [-0.3, -0.25) is 4.79 Å². The second kappa shape index (κ2) is 6.98. The highest BCUT2D eigenvalue weighted by Gasteiger charge is 2.29. The van der Waals surface area contributed by atoms with Crippen LogP contribution in [-0.2, 0) is 0 Å². The third-order valence-electron chi connectivity index (χ3n) is 3.97. The van der Waals surface area contributed by atoms with Crippen molar-refractivity contribution in [3.63, 3.8) is 0 Å². The molecule has 1 aliphatic rings. The number of amides is 1. The van der Waals surface area contributed by atoms with Crippen LogP contribution in [0.5, 0.6) is 0 Å². The van der Waals surface area contributed by atoms with Crippen molar-refractivity contribution in [1.82, 2.24) is 4.90 Å². The van der Waals surface area contributed by atoms with Gasteiger partial charge in [-0.05, 0) is 51.3 Å². The quantitative estimate of drug-likeness (QED) is 0.811. The summed E-state index contributed by atoms with van der Waals surface area (Å²) in [6.45, 7) is 4.51. The zero-order valence-electron chi connectivity index (χ0n) is 12.5. The van der Waals surface area contributed by atoms with E-state index in [0.717, 1.165) is 12.8 Å². The molecule has 0 aromatic heterocycles. The lowest BCUT2D eigenvalue weighted by molar-refractivity contribution is 0.0511. The van der Waals surface area contributed by atoms with Crippen LogP contribution >= 0.6 is 11.6 Å². The number of rotatable bonds is 1. The predicted octanol–water partition coefficient (Wildman–Crippen LogP) is 3.05. The van der Waals surface area contributed by atoms with Crippen molar-refractivity contribution in [3.8, 4) is 11.8 Å². The maximum absolute atomic E-state index is 12.7. The minimum Gasteiger partial charge on any atom is -0.333 e. The monoisotopic (exact) mass is 304 g/mol. The van der Waals surface area contributed by atoms with Crippen LogP contribution in [0.15, 0.2) is 18.2 Å². The van der Waals surface area contributed by atoms with Gasteiger partial charge >= 0.3 is 0 Å². The van der Waals surface area contributed by atoms with Crippen LogP contribution in [0.2, 0.25) is 5.02 Å². The van der Waals surface area contributed by atoms with Crippen molar-refractivity contribution < 1.29 is 4.79 Å². The van der Waals surface area contributed by atoms with Crippen LogP contribution in [0.1, 0.15) is 49.0 Å². The molecular formula is C17H21ClN2O. The minimum absolute atomic E-state index is 0.0509. The van der Waals surface area contributed by atoms with Gasteiger partial charge in [-0.25, -0.2) is 0 Å². The van der Waals surface area contributed by atoms with Gasteiger partial charge in [0.25, 0.3) is 5.91 Å². The van der Waals surface area contributed by atoms with E-state index >= 15 is 0 Å². The van der Waals surface area contributed by atoms with E-state index in [0.29, 0.717) is 22.7 Å². The Kier molecular flexibility index (Phi) is 5.27. The van der Waals surface area contributed by atoms with Crippen molar-refractivity contribution >= 4 is 17.5 Å². The number of nitrogens with zero attached hydrogens (tertiary/aromatic N) is 1. The van der Waals surface area contributed by atoms with Crippen LogP contribution in [0.25, 0.3) is 0 Å². The molecule has 2 atom stereocenters. The zero-order valence-corrected chi connectivity index (χ0v) is 13.3. The number of halogens is 1. The SMILES string of the molecule is CC1CCCC(C)N1C(=O)c1ccc(C#CCN)c(Cl)c1. The normalized spacial score (nSPS) is 21.6. The average Bonchev–Trinajstić information content (AvgIpc) is 2.45. The van der Waals surface area contributed by atoms with E-state index < -0.39 is 0 Å². The number of carbonyl (C=O) groups is 1. The smallest absolute Gasteiger partial charge is 0.254 e. The Labute approximate surface area is 131 Å². The number of likely N-dealkylation sites (tertiary alicyclic amines) is 1. The van der Waals surface area contributed by atoms with Crippen molar-refractivity contribution in [1.29, 1.82) is 0 Å². The molecular weight excluding hydrogens is 284 g/mol. The number of benzene rings is 1. The molecule has 1 aromatic carbocycles. The highest BCUT2D eigenvalue weighted by atomic mass is 35.5. The van der Waals surface area contributed by atoms with E-state index in [9.17, 15) is 4.79 Å². The first-order valence-electron chi connectivity index (χ1n) is 7.35. The average molecular weight is 305 g/mol. The Bertz CT molecular complexity index is 578. The fourth-order valence-corrected chi connectivity index (χ4v) is 3.09. The first-order valence-corrected chi connectivity index (χ1v) is 7.73. The summed E-state index contributed by atoms with van der Waals surface area (Å²) in [5.41, 5.74) is 6.69. The van der Waals surface area contributed by atoms with Gasteiger partial charge < -0.3 is 10.6 Å². The summed E-state index contributed by atoms with van der Waals surface area (Å²) in [5.74, 6) is 5.72. The van der Waals surface area contributed by atoms with Crippen LogP contribution in [0.3, 0.4) is 0 Å². The van der Waals surface area contributed by atoms with Crippen LogP contribution in [0.4, 0.5) is 0 Å². The summed E-state index contributed by atoms with van der Waals surface area (Å²) in [4.78, 5) is 14.7. The largest absolute Gasteiger partial charge is 0.333 e. The summed E-state index contributed by atoms with van der Waals surface area (Å²) >= 11 is 6.21.